The molecule has 0 bridgehead atoms. The normalized spacial score (nSPS) is 10.0. The van der Waals surface area contributed by atoms with Gasteiger partial charge in [0.05, 0.1) is 8.66 Å². The number of aryl methyl sites for hydroxylation is 1. The maximum absolute atomic E-state index is 11.7. The van der Waals surface area contributed by atoms with E-state index >= 15 is 0 Å². The Kier molecular flexibility index (Phi) is 5.35. The average Bonchev–Trinajstić information content (AvgIpc) is 2.91. The third-order valence-electron chi connectivity index (χ3n) is 2.50. The van der Waals surface area contributed by atoms with E-state index in [9.17, 15) is 9.59 Å². The van der Waals surface area contributed by atoms with Gasteiger partial charge in [-0.1, -0.05) is 17.7 Å². The van der Waals surface area contributed by atoms with Crippen LogP contribution in [0, 0.1) is 6.92 Å². The number of rotatable bonds is 4. The van der Waals surface area contributed by atoms with Crippen LogP contribution in [0.5, 0.6) is 5.75 Å². The number of hydrazine groups is 1. The van der Waals surface area contributed by atoms with Gasteiger partial charge in [0.15, 0.2) is 6.61 Å². The van der Waals surface area contributed by atoms with Crippen molar-refractivity contribution in [3.63, 3.8) is 0 Å². The molecule has 0 saturated heterocycles. The van der Waals surface area contributed by atoms with Gasteiger partial charge in [-0.25, -0.2) is 0 Å². The van der Waals surface area contributed by atoms with Gasteiger partial charge >= 0.3 is 0 Å². The number of nitrogens with one attached hydrogen (secondary N) is 2. The molecular weight excluding hydrogens is 356 g/mol. The van der Waals surface area contributed by atoms with Crippen LogP contribution < -0.4 is 15.6 Å². The van der Waals surface area contributed by atoms with Crippen LogP contribution in [-0.4, -0.2) is 18.4 Å². The zero-order valence-electron chi connectivity index (χ0n) is 11.2. The number of benzene rings is 1. The predicted molar refractivity (Wildman–Crippen MR) is 84.3 cm³/mol. The lowest BCUT2D eigenvalue weighted by molar-refractivity contribution is -0.123. The highest BCUT2D eigenvalue weighted by atomic mass is 79.9. The summed E-state index contributed by atoms with van der Waals surface area (Å²) in [5, 5.41) is 0. The lowest BCUT2D eigenvalue weighted by Gasteiger charge is -2.08. The second-order valence-electron chi connectivity index (χ2n) is 4.21. The molecule has 0 radical (unpaired) electrons. The molecule has 21 heavy (non-hydrogen) atoms. The van der Waals surface area contributed by atoms with Gasteiger partial charge in [0.2, 0.25) is 0 Å². The van der Waals surface area contributed by atoms with E-state index in [1.165, 1.54) is 11.3 Å². The fourth-order valence-electron chi connectivity index (χ4n) is 1.44. The van der Waals surface area contributed by atoms with Crippen LogP contribution in [0.2, 0.25) is 0 Å². The van der Waals surface area contributed by atoms with Gasteiger partial charge in [-0.3, -0.25) is 20.4 Å². The second kappa shape index (κ2) is 7.24. The lowest BCUT2D eigenvalue weighted by atomic mass is 10.2. The zero-order valence-corrected chi connectivity index (χ0v) is 13.6. The lowest BCUT2D eigenvalue weighted by Crippen LogP contribution is -2.43. The first kappa shape index (κ1) is 15.5. The highest BCUT2D eigenvalue weighted by Crippen LogP contribution is 2.21. The van der Waals surface area contributed by atoms with E-state index in [1.54, 1.807) is 24.3 Å². The second-order valence-corrected chi connectivity index (χ2v) is 6.67. The van der Waals surface area contributed by atoms with Gasteiger partial charge in [-0.15, -0.1) is 11.3 Å². The van der Waals surface area contributed by atoms with Gasteiger partial charge < -0.3 is 4.74 Å². The van der Waals surface area contributed by atoms with Crippen molar-refractivity contribution < 1.29 is 14.3 Å². The summed E-state index contributed by atoms with van der Waals surface area (Å²) in [5.41, 5.74) is 5.74. The summed E-state index contributed by atoms with van der Waals surface area (Å²) in [6, 6.07) is 10.8. The van der Waals surface area contributed by atoms with Gasteiger partial charge in [-0.2, -0.15) is 0 Å². The Hall–Kier alpha value is -1.86. The third-order valence-corrected chi connectivity index (χ3v) is 4.13. The molecule has 1 heterocycles. The summed E-state index contributed by atoms with van der Waals surface area (Å²) in [6.07, 6.45) is 0. The highest BCUT2D eigenvalue weighted by Gasteiger charge is 2.09. The van der Waals surface area contributed by atoms with Crippen LogP contribution in [0.15, 0.2) is 40.2 Å². The van der Waals surface area contributed by atoms with Crippen molar-refractivity contribution in [3.05, 3.63) is 50.6 Å². The van der Waals surface area contributed by atoms with Crippen LogP contribution in [0.4, 0.5) is 0 Å². The van der Waals surface area contributed by atoms with Crippen LogP contribution in [0.3, 0.4) is 0 Å². The van der Waals surface area contributed by atoms with Crippen LogP contribution in [-0.2, 0) is 4.79 Å². The summed E-state index contributed by atoms with van der Waals surface area (Å²) >= 11 is 4.55. The van der Waals surface area contributed by atoms with E-state index in [4.69, 9.17) is 4.74 Å². The first-order valence-corrected chi connectivity index (χ1v) is 7.69. The molecule has 0 aliphatic carbocycles. The predicted octanol–water partition coefficient (Wildman–Crippen LogP) is 2.66. The van der Waals surface area contributed by atoms with Crippen molar-refractivity contribution in [2.75, 3.05) is 6.61 Å². The summed E-state index contributed by atoms with van der Waals surface area (Å²) < 4.78 is 6.15. The molecule has 0 atom stereocenters. The van der Waals surface area contributed by atoms with Crippen molar-refractivity contribution in [1.82, 2.24) is 10.9 Å². The Morgan fingerprint density at radius 2 is 1.86 bits per heavy atom. The van der Waals surface area contributed by atoms with Crippen molar-refractivity contribution in [1.29, 1.82) is 0 Å². The fourth-order valence-corrected chi connectivity index (χ4v) is 2.73. The SMILES string of the molecule is Cc1ccc(OCC(=O)NNC(=O)c2ccc(Br)s2)cc1. The quantitative estimate of drug-likeness (QED) is 0.815. The number of halogens is 1. The van der Waals surface area contributed by atoms with Crippen LogP contribution in [0.1, 0.15) is 15.2 Å². The Morgan fingerprint density at radius 3 is 2.48 bits per heavy atom. The maximum atomic E-state index is 11.7. The van der Waals surface area contributed by atoms with E-state index in [0.29, 0.717) is 10.6 Å². The van der Waals surface area contributed by atoms with E-state index in [-0.39, 0.29) is 12.5 Å². The fraction of sp³-hybridized carbons (Fsp3) is 0.143. The Balaban J connectivity index is 1.74. The number of thiophene rings is 1. The number of hydrogen-bond donors (Lipinski definition) is 2. The van der Waals surface area contributed by atoms with Gasteiger partial charge in [0.1, 0.15) is 5.75 Å². The molecule has 0 aliphatic heterocycles. The Bertz CT molecular complexity index is 640. The topological polar surface area (TPSA) is 67.4 Å². The van der Waals surface area contributed by atoms with Crippen molar-refractivity contribution in [2.45, 2.75) is 6.92 Å². The summed E-state index contributed by atoms with van der Waals surface area (Å²) in [7, 11) is 0. The molecule has 5 nitrogen and oxygen atoms in total. The van der Waals surface area contributed by atoms with E-state index in [0.717, 1.165) is 9.35 Å². The first-order valence-electron chi connectivity index (χ1n) is 6.08. The minimum atomic E-state index is -0.431. The molecule has 7 heteroatoms. The van der Waals surface area contributed by atoms with Gasteiger partial charge in [0, 0.05) is 0 Å². The summed E-state index contributed by atoms with van der Waals surface area (Å²) in [5.74, 6) is -0.196. The largest absolute Gasteiger partial charge is 0.484 e. The van der Waals surface area contributed by atoms with E-state index in [2.05, 4.69) is 26.8 Å². The zero-order chi connectivity index (χ0) is 15.2. The maximum Gasteiger partial charge on any atom is 0.279 e. The van der Waals surface area contributed by atoms with Gasteiger partial charge in [0.25, 0.3) is 11.8 Å². The molecule has 0 aliphatic rings. The number of ether oxygens (including phenoxy) is 1. The molecule has 0 saturated carbocycles. The molecule has 0 fully saturated rings. The molecule has 2 rings (SSSR count). The molecule has 0 unspecified atom stereocenters. The Labute approximate surface area is 134 Å². The summed E-state index contributed by atoms with van der Waals surface area (Å²) in [6.45, 7) is 1.80. The van der Waals surface area contributed by atoms with Crippen LogP contribution in [0.25, 0.3) is 0 Å². The molecule has 0 spiro atoms. The third kappa shape index (κ3) is 4.87. The number of hydrogen-bond acceptors (Lipinski definition) is 4. The molecule has 2 aromatic rings. The summed E-state index contributed by atoms with van der Waals surface area (Å²) in [4.78, 5) is 23.8. The number of amides is 2. The van der Waals surface area contributed by atoms with Crippen LogP contribution >= 0.6 is 27.3 Å². The van der Waals surface area contributed by atoms with E-state index < -0.39 is 5.91 Å². The monoisotopic (exact) mass is 368 g/mol. The molecule has 2 N–H and O–H groups in total. The van der Waals surface area contributed by atoms with Crippen molar-refractivity contribution >= 4 is 39.1 Å². The minimum absolute atomic E-state index is 0.169. The molecular formula is C14H13BrN2O3S. The molecule has 2 amide bonds. The first-order chi connectivity index (χ1) is 10.0. The van der Waals surface area contributed by atoms with Crippen molar-refractivity contribution in [3.8, 4) is 5.75 Å². The molecule has 1 aromatic carbocycles. The smallest absolute Gasteiger partial charge is 0.279 e. The van der Waals surface area contributed by atoms with E-state index in [1.807, 2.05) is 19.1 Å². The highest BCUT2D eigenvalue weighted by molar-refractivity contribution is 9.11. The minimum Gasteiger partial charge on any atom is -0.484 e. The van der Waals surface area contributed by atoms with Gasteiger partial charge in [-0.05, 0) is 47.1 Å². The average molecular weight is 369 g/mol. The number of carbonyl (C=O) groups excluding carboxylic acids is 2. The standard InChI is InChI=1S/C14H13BrN2O3S/c1-9-2-4-10(5-3-9)20-8-13(18)16-17-14(19)11-6-7-12(15)21-11/h2-7H,8H2,1H3,(H,16,18)(H,17,19). The molecule has 1 aromatic heterocycles. The molecule has 110 valence electrons. The number of carbonyl (C=O) groups is 2. The van der Waals surface area contributed by atoms with Crippen molar-refractivity contribution in [2.24, 2.45) is 0 Å². The Morgan fingerprint density at radius 1 is 1.14 bits per heavy atom.